The number of likely N-dealkylation sites (tertiary alicyclic amines) is 1. The number of rotatable bonds is 4. The Morgan fingerprint density at radius 2 is 1.40 bits per heavy atom. The first kappa shape index (κ1) is 36.6. The lowest BCUT2D eigenvalue weighted by molar-refractivity contribution is -0.143. The van der Waals surface area contributed by atoms with Crippen LogP contribution in [0.25, 0.3) is 11.0 Å². The molecule has 3 fully saturated rings. The van der Waals surface area contributed by atoms with Gasteiger partial charge in [0.1, 0.15) is 23.2 Å². The predicted octanol–water partition coefficient (Wildman–Crippen LogP) is 3.66. The summed E-state index contributed by atoms with van der Waals surface area (Å²) in [6.07, 6.45) is -5.62. The minimum atomic E-state index is -5.62. The van der Waals surface area contributed by atoms with Gasteiger partial charge in [-0.2, -0.15) is 28.6 Å². The molecule has 4 heterocycles. The molecule has 13 nitrogen and oxygen atoms in total. The van der Waals surface area contributed by atoms with E-state index in [1.54, 1.807) is 18.2 Å². The number of aromatic nitrogens is 3. The van der Waals surface area contributed by atoms with Crippen molar-refractivity contribution in [1.29, 1.82) is 0 Å². The molecular weight excluding hydrogens is 685 g/mol. The molecule has 0 saturated carbocycles. The lowest BCUT2D eigenvalue weighted by Gasteiger charge is -2.42. The number of H-pyrrole nitrogens is 1. The number of piperidine rings is 1. The summed E-state index contributed by atoms with van der Waals surface area (Å²) in [6, 6.07) is 5.80. The summed E-state index contributed by atoms with van der Waals surface area (Å²) in [4.78, 5) is 42.3. The van der Waals surface area contributed by atoms with Crippen LogP contribution in [0.1, 0.15) is 34.3 Å². The van der Waals surface area contributed by atoms with E-state index in [0.29, 0.717) is 43.3 Å². The van der Waals surface area contributed by atoms with Crippen LogP contribution in [-0.4, -0.2) is 130 Å². The molecule has 272 valence electrons. The highest BCUT2D eigenvalue weighted by Crippen LogP contribution is 2.37. The zero-order chi connectivity index (χ0) is 36.2. The Hall–Kier alpha value is -4.72. The Balaban J connectivity index is 0.000000195. The van der Waals surface area contributed by atoms with E-state index < -0.39 is 59.4 Å². The highest BCUT2D eigenvalue weighted by Gasteiger charge is 2.42. The molecule has 3 aliphatic rings. The minimum absolute atomic E-state index is 0.0315. The number of hydrogen-bond donors (Lipinski definition) is 3. The fraction of sp³-hybridized carbons (Fsp3) is 0.500. The van der Waals surface area contributed by atoms with Crippen molar-refractivity contribution in [2.75, 3.05) is 65.4 Å². The summed E-state index contributed by atoms with van der Waals surface area (Å²) in [7, 11) is 0. The highest BCUT2D eigenvalue weighted by atomic mass is 19.4. The van der Waals surface area contributed by atoms with Crippen molar-refractivity contribution in [2.45, 2.75) is 31.7 Å². The Kier molecular flexibility index (Phi) is 11.3. The molecule has 3 saturated heterocycles. The topological polar surface area (TPSA) is 147 Å². The Labute approximate surface area is 279 Å². The fourth-order valence-corrected chi connectivity index (χ4v) is 5.99. The third-order valence-electron chi connectivity index (χ3n) is 8.77. The molecule has 0 aliphatic carbocycles. The SMILES string of the molecule is O=C(O)N1CCN(C2CCN(C(=O)c3ccc4n[nH]nc4c3)CC2)CC1.O=C(OCc1c(F)c(F)c(C(F)(F)F)c(F)c1F)N1CCNCC1. The third-order valence-corrected chi connectivity index (χ3v) is 8.77. The summed E-state index contributed by atoms with van der Waals surface area (Å²) in [5, 5.41) is 22.6. The van der Waals surface area contributed by atoms with Gasteiger partial charge in [-0.25, -0.2) is 27.2 Å². The number of nitrogens with one attached hydrogen (secondary N) is 2. The molecule has 3 amide bonds. The van der Waals surface area contributed by atoms with E-state index in [2.05, 4.69) is 30.4 Å². The molecule has 0 atom stereocenters. The van der Waals surface area contributed by atoms with Crippen molar-refractivity contribution < 1.29 is 55.0 Å². The van der Waals surface area contributed by atoms with Gasteiger partial charge in [0.2, 0.25) is 0 Å². The van der Waals surface area contributed by atoms with E-state index in [4.69, 9.17) is 5.11 Å². The molecule has 0 spiro atoms. The molecule has 1 aromatic heterocycles. The van der Waals surface area contributed by atoms with E-state index in [1.807, 2.05) is 4.90 Å². The molecule has 0 bridgehead atoms. The van der Waals surface area contributed by atoms with Crippen LogP contribution in [0.4, 0.5) is 40.3 Å². The van der Waals surface area contributed by atoms with E-state index in [9.17, 15) is 45.1 Å². The third kappa shape index (κ3) is 8.18. The van der Waals surface area contributed by atoms with Crippen molar-refractivity contribution in [3.05, 3.63) is 58.2 Å². The monoisotopic (exact) mass is 718 g/mol. The average Bonchev–Trinajstić information content (AvgIpc) is 3.59. The van der Waals surface area contributed by atoms with Crippen LogP contribution in [0.3, 0.4) is 0 Å². The number of nitrogens with zero attached hydrogens (tertiary/aromatic N) is 6. The number of carbonyl (C=O) groups excluding carboxylic acids is 2. The molecule has 6 rings (SSSR count). The van der Waals surface area contributed by atoms with Crippen LogP contribution in [0.2, 0.25) is 0 Å². The first-order valence-electron chi connectivity index (χ1n) is 15.6. The number of fused-ring (bicyclic) bond motifs is 1. The molecule has 20 heteroatoms. The second-order valence-electron chi connectivity index (χ2n) is 11.8. The maximum atomic E-state index is 13.6. The predicted molar refractivity (Wildman–Crippen MR) is 160 cm³/mol. The smallest absolute Gasteiger partial charge is 0.422 e. The van der Waals surface area contributed by atoms with Crippen LogP contribution in [0, 0.1) is 23.3 Å². The normalized spacial score (nSPS) is 17.8. The van der Waals surface area contributed by atoms with Crippen LogP contribution < -0.4 is 5.32 Å². The second-order valence-corrected chi connectivity index (χ2v) is 11.8. The zero-order valence-electron chi connectivity index (χ0n) is 26.4. The lowest BCUT2D eigenvalue weighted by Crippen LogP contribution is -2.54. The van der Waals surface area contributed by atoms with Gasteiger partial charge >= 0.3 is 18.4 Å². The van der Waals surface area contributed by atoms with Gasteiger partial charge in [-0.1, -0.05) is 0 Å². The summed E-state index contributed by atoms with van der Waals surface area (Å²) in [5.41, 5.74) is -2.01. The van der Waals surface area contributed by atoms with E-state index >= 15 is 0 Å². The van der Waals surface area contributed by atoms with Gasteiger partial charge in [-0.05, 0) is 31.0 Å². The zero-order valence-corrected chi connectivity index (χ0v) is 26.4. The van der Waals surface area contributed by atoms with Crippen LogP contribution in [0.5, 0.6) is 0 Å². The molecule has 3 aromatic rings. The number of ether oxygens (including phenoxy) is 1. The summed E-state index contributed by atoms with van der Waals surface area (Å²) in [5.74, 6) is -9.66. The summed E-state index contributed by atoms with van der Waals surface area (Å²) in [6.45, 7) is 4.23. The number of amides is 3. The van der Waals surface area contributed by atoms with E-state index in [0.717, 1.165) is 44.5 Å². The van der Waals surface area contributed by atoms with Gasteiger partial charge in [0.25, 0.3) is 5.91 Å². The fourth-order valence-electron chi connectivity index (χ4n) is 5.99. The van der Waals surface area contributed by atoms with Crippen molar-refractivity contribution in [3.8, 4) is 0 Å². The van der Waals surface area contributed by atoms with Gasteiger partial charge in [-0.3, -0.25) is 9.69 Å². The van der Waals surface area contributed by atoms with Crippen LogP contribution >= 0.6 is 0 Å². The molecular formula is C30H33F7N8O5. The quantitative estimate of drug-likeness (QED) is 0.272. The maximum absolute atomic E-state index is 13.6. The lowest BCUT2D eigenvalue weighted by atomic mass is 10.0. The minimum Gasteiger partial charge on any atom is -0.465 e. The molecule has 0 radical (unpaired) electrons. The van der Waals surface area contributed by atoms with Crippen molar-refractivity contribution >= 4 is 29.1 Å². The van der Waals surface area contributed by atoms with E-state index in [1.165, 1.54) is 9.80 Å². The molecule has 3 N–H and O–H groups in total. The first-order chi connectivity index (χ1) is 23.8. The van der Waals surface area contributed by atoms with Gasteiger partial charge in [0.05, 0.1) is 5.56 Å². The molecule has 2 aromatic carbocycles. The number of carbonyl (C=O) groups is 3. The Morgan fingerprint density at radius 3 is 1.98 bits per heavy atom. The van der Waals surface area contributed by atoms with Gasteiger partial charge in [0, 0.05) is 77.1 Å². The largest absolute Gasteiger partial charge is 0.465 e. The average molecular weight is 719 g/mol. The maximum Gasteiger partial charge on any atom is 0.422 e. The number of benzene rings is 2. The van der Waals surface area contributed by atoms with E-state index in [-0.39, 0.29) is 19.0 Å². The van der Waals surface area contributed by atoms with Gasteiger partial charge in [-0.15, -0.1) is 0 Å². The number of halogens is 7. The summed E-state index contributed by atoms with van der Waals surface area (Å²) >= 11 is 0. The number of hydrogen-bond acceptors (Lipinski definition) is 8. The van der Waals surface area contributed by atoms with Gasteiger partial charge in [0.15, 0.2) is 23.3 Å². The highest BCUT2D eigenvalue weighted by molar-refractivity contribution is 5.97. The molecule has 3 aliphatic heterocycles. The second kappa shape index (κ2) is 15.4. The Morgan fingerprint density at radius 1 is 0.800 bits per heavy atom. The van der Waals surface area contributed by atoms with Crippen molar-refractivity contribution in [2.24, 2.45) is 0 Å². The van der Waals surface area contributed by atoms with Crippen molar-refractivity contribution in [1.82, 2.24) is 40.3 Å². The van der Waals surface area contributed by atoms with Gasteiger partial charge < -0.3 is 29.9 Å². The Bertz CT molecular complexity index is 1670. The van der Waals surface area contributed by atoms with Crippen molar-refractivity contribution in [3.63, 3.8) is 0 Å². The van der Waals surface area contributed by atoms with Crippen LogP contribution in [0.15, 0.2) is 18.2 Å². The standard InChI is InChI=1S/C17H22N6O3.C13H11F7N2O2/c24-16(12-1-2-14-15(11-12)19-20-18-14)22-5-3-13(4-6-22)21-7-9-23(10-8-21)17(25)26;14-8-6(5-24-12(23)22-3-1-21-2-4-22)9(15)11(17)7(10(8)16)13(18,19)20/h1-2,11,13H,3-10H2,(H,25,26)(H,18,19,20);21H,1-5H2. The number of alkyl halides is 3. The first-order valence-corrected chi connectivity index (χ1v) is 15.6. The number of aromatic amines is 1. The van der Waals surface area contributed by atoms with Crippen LogP contribution in [-0.2, 0) is 17.5 Å². The molecule has 0 unspecified atom stereocenters. The number of piperazine rings is 2. The number of carboxylic acid groups (broad SMARTS) is 1. The molecule has 50 heavy (non-hydrogen) atoms. The summed E-state index contributed by atoms with van der Waals surface area (Å²) < 4.78 is 96.0.